The minimum Gasteiger partial charge on any atom is -0.287 e. The summed E-state index contributed by atoms with van der Waals surface area (Å²) in [6.45, 7) is 4.18. The van der Waals surface area contributed by atoms with Crippen LogP contribution >= 0.6 is 0 Å². The van der Waals surface area contributed by atoms with Gasteiger partial charge in [0.1, 0.15) is 0 Å². The molecule has 25 heavy (non-hydrogen) atoms. The second-order valence-corrected chi connectivity index (χ2v) is 6.37. The van der Waals surface area contributed by atoms with Crippen LogP contribution in [0.5, 0.6) is 0 Å². The Hall–Kier alpha value is -2.38. The first-order chi connectivity index (χ1) is 11.9. The molecule has 1 saturated carbocycles. The summed E-state index contributed by atoms with van der Waals surface area (Å²) in [5, 5.41) is 7.49. The number of hydrogen-bond acceptors (Lipinski definition) is 4. The summed E-state index contributed by atoms with van der Waals surface area (Å²) in [7, 11) is 0. The van der Waals surface area contributed by atoms with E-state index < -0.39 is 5.92 Å². The quantitative estimate of drug-likeness (QED) is 0.905. The lowest BCUT2D eigenvalue weighted by Gasteiger charge is -2.33. The van der Waals surface area contributed by atoms with Crippen LogP contribution in [0.4, 0.5) is 8.78 Å². The van der Waals surface area contributed by atoms with Crippen LogP contribution in [0.1, 0.15) is 54.7 Å². The van der Waals surface area contributed by atoms with Gasteiger partial charge in [-0.25, -0.2) is 18.9 Å². The maximum absolute atomic E-state index is 13.4. The number of carbonyl (C=O) groups is 1. The van der Waals surface area contributed by atoms with E-state index in [0.717, 1.165) is 5.69 Å². The molecule has 0 unspecified atom stereocenters. The second kappa shape index (κ2) is 6.85. The molecule has 8 heteroatoms. The molecule has 0 bridgehead atoms. The third-order valence-electron chi connectivity index (χ3n) is 4.74. The molecule has 0 saturated heterocycles. The largest absolute Gasteiger partial charge is 0.287 e. The van der Waals surface area contributed by atoms with Crippen molar-refractivity contribution in [2.75, 3.05) is 6.54 Å². The molecule has 1 aliphatic heterocycles. The molecule has 1 fully saturated rings. The molecule has 136 valence electrons. The van der Waals surface area contributed by atoms with Crippen molar-refractivity contribution in [3.05, 3.63) is 42.0 Å². The van der Waals surface area contributed by atoms with Crippen LogP contribution in [0.25, 0.3) is 0 Å². The normalized spacial score (nSPS) is 19.8. The van der Waals surface area contributed by atoms with Gasteiger partial charge in [-0.2, -0.15) is 5.10 Å². The standard InChI is InChI=1S/C17H23F2N5O/c1-3-22(23-11-5-4-10-20-23)16(25)15-12-21-24(13(15)2)14-6-8-17(18,19)9-7-14/h4-5,10-12,14,20H,3,6-9H2,1-2H3. The number of hydrazine groups is 2. The van der Waals surface area contributed by atoms with Crippen LogP contribution in [0.3, 0.4) is 0 Å². The highest BCUT2D eigenvalue weighted by atomic mass is 19.3. The number of halogens is 2. The van der Waals surface area contributed by atoms with Crippen molar-refractivity contribution in [1.82, 2.24) is 25.3 Å². The molecule has 0 radical (unpaired) electrons. The monoisotopic (exact) mass is 351 g/mol. The fourth-order valence-electron chi connectivity index (χ4n) is 3.30. The Morgan fingerprint density at radius 3 is 2.72 bits per heavy atom. The topological polar surface area (TPSA) is 53.4 Å². The van der Waals surface area contributed by atoms with E-state index in [1.165, 1.54) is 6.20 Å². The van der Waals surface area contributed by atoms with Crippen LogP contribution in [-0.4, -0.2) is 38.3 Å². The Morgan fingerprint density at radius 2 is 2.12 bits per heavy atom. The Balaban J connectivity index is 1.77. The van der Waals surface area contributed by atoms with E-state index >= 15 is 0 Å². The molecule has 1 amide bonds. The molecule has 1 aliphatic carbocycles. The summed E-state index contributed by atoms with van der Waals surface area (Å²) in [5.41, 5.74) is 4.19. The summed E-state index contributed by atoms with van der Waals surface area (Å²) in [6, 6.07) is -0.0767. The fraction of sp³-hybridized carbons (Fsp3) is 0.529. The number of amides is 1. The van der Waals surface area contributed by atoms with E-state index in [2.05, 4.69) is 10.5 Å². The van der Waals surface area contributed by atoms with Crippen LogP contribution in [-0.2, 0) is 0 Å². The number of nitrogens with zero attached hydrogens (tertiary/aromatic N) is 4. The van der Waals surface area contributed by atoms with Crippen molar-refractivity contribution in [3.63, 3.8) is 0 Å². The smallest absolute Gasteiger partial charge is 0.277 e. The minimum atomic E-state index is -2.57. The minimum absolute atomic E-state index is 0.0767. The van der Waals surface area contributed by atoms with Crippen molar-refractivity contribution in [3.8, 4) is 0 Å². The number of nitrogens with one attached hydrogen (secondary N) is 1. The second-order valence-electron chi connectivity index (χ2n) is 6.37. The Morgan fingerprint density at radius 1 is 1.40 bits per heavy atom. The molecule has 1 aromatic rings. The number of aromatic nitrogens is 2. The molecule has 2 heterocycles. The lowest BCUT2D eigenvalue weighted by atomic mass is 9.92. The maximum Gasteiger partial charge on any atom is 0.277 e. The van der Waals surface area contributed by atoms with Crippen LogP contribution in [0, 0.1) is 6.92 Å². The molecule has 3 rings (SSSR count). The van der Waals surface area contributed by atoms with Crippen molar-refractivity contribution >= 4 is 5.91 Å². The van der Waals surface area contributed by atoms with Crippen molar-refractivity contribution in [2.24, 2.45) is 0 Å². The average molecular weight is 351 g/mol. The zero-order valence-corrected chi connectivity index (χ0v) is 14.5. The van der Waals surface area contributed by atoms with Gasteiger partial charge >= 0.3 is 0 Å². The van der Waals surface area contributed by atoms with Gasteiger partial charge in [0, 0.05) is 37.5 Å². The van der Waals surface area contributed by atoms with Gasteiger partial charge in [-0.05, 0) is 38.8 Å². The number of carbonyl (C=O) groups excluding carboxylic acids is 1. The number of hydrogen-bond donors (Lipinski definition) is 1. The third kappa shape index (κ3) is 3.52. The van der Waals surface area contributed by atoms with Gasteiger partial charge in [-0.3, -0.25) is 14.9 Å². The first-order valence-corrected chi connectivity index (χ1v) is 8.55. The van der Waals surface area contributed by atoms with E-state index in [9.17, 15) is 13.6 Å². The van der Waals surface area contributed by atoms with Crippen LogP contribution in [0.2, 0.25) is 0 Å². The first-order valence-electron chi connectivity index (χ1n) is 8.55. The molecule has 0 aromatic carbocycles. The molecule has 1 aromatic heterocycles. The predicted octanol–water partition coefficient (Wildman–Crippen LogP) is 3.17. The van der Waals surface area contributed by atoms with Gasteiger partial charge in [0.25, 0.3) is 5.91 Å². The maximum atomic E-state index is 13.4. The van der Waals surface area contributed by atoms with E-state index in [-0.39, 0.29) is 24.8 Å². The van der Waals surface area contributed by atoms with Crippen molar-refractivity contribution in [2.45, 2.75) is 51.5 Å². The van der Waals surface area contributed by atoms with Crippen LogP contribution < -0.4 is 5.43 Å². The summed E-state index contributed by atoms with van der Waals surface area (Å²) >= 11 is 0. The van der Waals surface area contributed by atoms with Gasteiger partial charge in [0.05, 0.1) is 17.8 Å². The zero-order valence-electron chi connectivity index (χ0n) is 14.5. The SMILES string of the molecule is CCN(C(=O)c1cnn(C2CCC(F)(F)CC2)c1C)N1C=CC=CN1. The summed E-state index contributed by atoms with van der Waals surface area (Å²) < 4.78 is 28.5. The molecular weight excluding hydrogens is 328 g/mol. The third-order valence-corrected chi connectivity index (χ3v) is 4.74. The van der Waals surface area contributed by atoms with E-state index in [4.69, 9.17) is 0 Å². The summed E-state index contributed by atoms with van der Waals surface area (Å²) in [6.07, 6.45) is 9.17. The van der Waals surface area contributed by atoms with Gasteiger partial charge in [-0.15, -0.1) is 0 Å². The molecular formula is C17H23F2N5O. The summed E-state index contributed by atoms with van der Waals surface area (Å²) in [4.78, 5) is 12.9. The van der Waals surface area contributed by atoms with E-state index in [1.807, 2.05) is 26.0 Å². The Bertz CT molecular complexity index is 687. The zero-order chi connectivity index (χ0) is 18.0. The highest BCUT2D eigenvalue weighted by Gasteiger charge is 2.36. The molecule has 0 spiro atoms. The Kier molecular flexibility index (Phi) is 4.78. The summed E-state index contributed by atoms with van der Waals surface area (Å²) in [5.74, 6) is -2.76. The predicted molar refractivity (Wildman–Crippen MR) is 89.4 cm³/mol. The first kappa shape index (κ1) is 17.4. The lowest BCUT2D eigenvalue weighted by Crippen LogP contribution is -2.49. The van der Waals surface area contributed by atoms with Gasteiger partial charge in [-0.1, -0.05) is 0 Å². The van der Waals surface area contributed by atoms with E-state index in [1.54, 1.807) is 27.2 Å². The van der Waals surface area contributed by atoms with Gasteiger partial charge in [0.2, 0.25) is 5.92 Å². The molecule has 2 aliphatic rings. The molecule has 0 atom stereocenters. The fourth-order valence-corrected chi connectivity index (χ4v) is 3.30. The van der Waals surface area contributed by atoms with E-state index in [0.29, 0.717) is 24.9 Å². The van der Waals surface area contributed by atoms with Gasteiger partial charge in [0.15, 0.2) is 0 Å². The molecule has 1 N–H and O–H groups in total. The number of rotatable bonds is 4. The highest BCUT2D eigenvalue weighted by molar-refractivity contribution is 5.94. The van der Waals surface area contributed by atoms with Crippen molar-refractivity contribution < 1.29 is 13.6 Å². The number of alkyl halides is 2. The average Bonchev–Trinajstić information content (AvgIpc) is 2.98. The Labute approximate surface area is 145 Å². The molecule has 6 nitrogen and oxygen atoms in total. The van der Waals surface area contributed by atoms with Gasteiger partial charge < -0.3 is 0 Å². The lowest BCUT2D eigenvalue weighted by molar-refractivity contribution is -0.0452. The highest BCUT2D eigenvalue weighted by Crippen LogP contribution is 2.38. The van der Waals surface area contributed by atoms with Crippen molar-refractivity contribution in [1.29, 1.82) is 0 Å². The number of allylic oxidation sites excluding steroid dienone is 2. The van der Waals surface area contributed by atoms with Crippen LogP contribution in [0.15, 0.2) is 30.7 Å².